The number of alkyl halides is 3. The number of hydrogen-bond donors (Lipinski definition) is 0. The van der Waals surface area contributed by atoms with E-state index in [9.17, 15) is 18.0 Å². The third kappa shape index (κ3) is 6.54. The summed E-state index contributed by atoms with van der Waals surface area (Å²) < 4.78 is 48.3. The zero-order chi connectivity index (χ0) is 29.9. The number of ether oxygens (including phenoxy) is 1. The lowest BCUT2D eigenvalue weighted by Gasteiger charge is -2.37. The average Bonchev–Trinajstić information content (AvgIpc) is 3.45. The quantitative estimate of drug-likeness (QED) is 0.265. The second-order valence-corrected chi connectivity index (χ2v) is 11.3. The molecule has 1 atom stereocenters. The van der Waals surface area contributed by atoms with Crippen molar-refractivity contribution in [3.63, 3.8) is 0 Å². The maximum Gasteiger partial charge on any atom is 0.433 e. The Balaban J connectivity index is 1.39. The lowest BCUT2D eigenvalue weighted by molar-refractivity contribution is -0.145. The number of carbonyl (C=O) groups is 1. The molecule has 2 aromatic carbocycles. The SMILES string of the molecule is CCCN1CCN(c2ccc(-c3ccc(Cl)cc3N3CCCC(n4ncc(C(=O)OCC)c4C(F)(F)F)C3)cc2)CC1. The van der Waals surface area contributed by atoms with E-state index in [0.717, 1.165) is 66.8 Å². The highest BCUT2D eigenvalue weighted by molar-refractivity contribution is 6.31. The Morgan fingerprint density at radius 3 is 2.43 bits per heavy atom. The number of piperazine rings is 1. The van der Waals surface area contributed by atoms with Gasteiger partial charge in [0.25, 0.3) is 0 Å². The van der Waals surface area contributed by atoms with E-state index in [1.54, 1.807) is 6.92 Å². The highest BCUT2D eigenvalue weighted by atomic mass is 35.5. The molecule has 2 saturated heterocycles. The van der Waals surface area contributed by atoms with Crippen molar-refractivity contribution in [1.82, 2.24) is 14.7 Å². The first-order valence-corrected chi connectivity index (χ1v) is 15.0. The molecule has 0 bridgehead atoms. The molecule has 11 heteroatoms. The highest BCUT2D eigenvalue weighted by Gasteiger charge is 2.42. The largest absolute Gasteiger partial charge is 0.462 e. The molecule has 0 radical (unpaired) electrons. The number of hydrogen-bond acceptors (Lipinski definition) is 6. The van der Waals surface area contributed by atoms with Crippen molar-refractivity contribution in [2.24, 2.45) is 0 Å². The third-order valence-electron chi connectivity index (χ3n) is 8.06. The van der Waals surface area contributed by atoms with E-state index in [1.165, 1.54) is 5.69 Å². The van der Waals surface area contributed by atoms with Gasteiger partial charge in [-0.25, -0.2) is 4.79 Å². The molecule has 226 valence electrons. The van der Waals surface area contributed by atoms with Crippen LogP contribution in [0.25, 0.3) is 11.1 Å². The second-order valence-electron chi connectivity index (χ2n) is 10.8. The van der Waals surface area contributed by atoms with Crippen LogP contribution in [-0.2, 0) is 10.9 Å². The Hall–Kier alpha value is -3.24. The molecule has 2 fully saturated rings. The smallest absolute Gasteiger partial charge is 0.433 e. The van der Waals surface area contributed by atoms with Crippen molar-refractivity contribution in [3.05, 3.63) is 64.9 Å². The van der Waals surface area contributed by atoms with Crippen molar-refractivity contribution in [1.29, 1.82) is 0 Å². The summed E-state index contributed by atoms with van der Waals surface area (Å²) in [7, 11) is 0. The van der Waals surface area contributed by atoms with Crippen LogP contribution in [0.4, 0.5) is 24.5 Å². The Morgan fingerprint density at radius 2 is 1.76 bits per heavy atom. The molecule has 1 unspecified atom stereocenters. The summed E-state index contributed by atoms with van der Waals surface area (Å²) in [5, 5.41) is 4.59. The molecule has 42 heavy (non-hydrogen) atoms. The van der Waals surface area contributed by atoms with E-state index in [1.807, 2.05) is 18.2 Å². The van der Waals surface area contributed by atoms with Crippen molar-refractivity contribution in [2.45, 2.75) is 45.3 Å². The van der Waals surface area contributed by atoms with Gasteiger partial charge in [0.2, 0.25) is 0 Å². The van der Waals surface area contributed by atoms with Gasteiger partial charge in [-0.1, -0.05) is 36.7 Å². The number of piperidine rings is 1. The fourth-order valence-corrected chi connectivity index (χ4v) is 6.23. The number of aromatic nitrogens is 2. The van der Waals surface area contributed by atoms with Crippen LogP contribution in [0, 0.1) is 0 Å². The van der Waals surface area contributed by atoms with Crippen LogP contribution in [-0.4, -0.2) is 73.1 Å². The van der Waals surface area contributed by atoms with Crippen LogP contribution < -0.4 is 9.80 Å². The molecule has 3 aromatic rings. The van der Waals surface area contributed by atoms with Gasteiger partial charge in [0.1, 0.15) is 5.56 Å². The Labute approximate surface area is 249 Å². The van der Waals surface area contributed by atoms with Gasteiger partial charge in [-0.15, -0.1) is 0 Å². The number of halogens is 4. The number of nitrogens with zero attached hydrogens (tertiary/aromatic N) is 5. The van der Waals surface area contributed by atoms with Crippen LogP contribution in [0.15, 0.2) is 48.7 Å². The normalized spacial score (nSPS) is 18.4. The number of esters is 1. The molecule has 7 nitrogen and oxygen atoms in total. The van der Waals surface area contributed by atoms with Crippen LogP contribution in [0.1, 0.15) is 55.2 Å². The summed E-state index contributed by atoms with van der Waals surface area (Å²) in [4.78, 5) is 19.3. The fourth-order valence-electron chi connectivity index (χ4n) is 6.06. The molecule has 3 heterocycles. The molecule has 0 aliphatic carbocycles. The summed E-state index contributed by atoms with van der Waals surface area (Å²) in [6.45, 7) is 9.93. The predicted octanol–water partition coefficient (Wildman–Crippen LogP) is 6.77. The molecule has 0 spiro atoms. The number of carbonyl (C=O) groups excluding carboxylic acids is 1. The molecular formula is C31H37ClF3N5O2. The summed E-state index contributed by atoms with van der Waals surface area (Å²) in [5.74, 6) is -1.02. The van der Waals surface area contributed by atoms with Crippen molar-refractivity contribution in [3.8, 4) is 11.1 Å². The van der Waals surface area contributed by atoms with E-state index in [-0.39, 0.29) is 6.61 Å². The van der Waals surface area contributed by atoms with Gasteiger partial charge < -0.3 is 14.5 Å². The minimum absolute atomic E-state index is 0.0212. The van der Waals surface area contributed by atoms with Gasteiger partial charge in [0.15, 0.2) is 5.69 Å². The topological polar surface area (TPSA) is 53.8 Å². The summed E-state index contributed by atoms with van der Waals surface area (Å²) in [5.41, 5.74) is 2.39. The van der Waals surface area contributed by atoms with E-state index in [4.69, 9.17) is 16.3 Å². The minimum atomic E-state index is -4.76. The first-order chi connectivity index (χ1) is 20.2. The van der Waals surface area contributed by atoms with Crippen LogP contribution in [0.3, 0.4) is 0 Å². The van der Waals surface area contributed by atoms with Gasteiger partial charge in [-0.3, -0.25) is 9.58 Å². The minimum Gasteiger partial charge on any atom is -0.462 e. The van der Waals surface area contributed by atoms with Gasteiger partial charge in [-0.05, 0) is 62.6 Å². The van der Waals surface area contributed by atoms with Gasteiger partial charge >= 0.3 is 12.1 Å². The summed E-state index contributed by atoms with van der Waals surface area (Å²) in [6.07, 6.45) is -1.47. The molecule has 5 rings (SSSR count). The van der Waals surface area contributed by atoms with E-state index in [2.05, 4.69) is 51.0 Å². The van der Waals surface area contributed by atoms with Gasteiger partial charge in [0, 0.05) is 61.2 Å². The zero-order valence-corrected chi connectivity index (χ0v) is 24.8. The lowest BCUT2D eigenvalue weighted by atomic mass is 9.99. The van der Waals surface area contributed by atoms with Gasteiger partial charge in [0.05, 0.1) is 18.8 Å². The third-order valence-corrected chi connectivity index (χ3v) is 8.29. The molecule has 1 aromatic heterocycles. The molecule has 0 saturated carbocycles. The Morgan fingerprint density at radius 1 is 1.02 bits per heavy atom. The lowest BCUT2D eigenvalue weighted by Crippen LogP contribution is -2.46. The van der Waals surface area contributed by atoms with E-state index >= 15 is 0 Å². The molecule has 2 aliphatic heterocycles. The van der Waals surface area contributed by atoms with E-state index < -0.39 is 29.4 Å². The van der Waals surface area contributed by atoms with Crippen molar-refractivity contribution >= 4 is 28.9 Å². The number of anilines is 2. The number of benzene rings is 2. The molecule has 2 aliphatic rings. The van der Waals surface area contributed by atoms with Crippen molar-refractivity contribution < 1.29 is 22.7 Å². The first kappa shape index (κ1) is 30.2. The van der Waals surface area contributed by atoms with Crippen LogP contribution >= 0.6 is 11.6 Å². The summed E-state index contributed by atoms with van der Waals surface area (Å²) in [6, 6.07) is 13.6. The molecule has 0 N–H and O–H groups in total. The monoisotopic (exact) mass is 603 g/mol. The highest BCUT2D eigenvalue weighted by Crippen LogP contribution is 2.39. The fraction of sp³-hybridized carbons (Fsp3) is 0.484. The average molecular weight is 604 g/mol. The van der Waals surface area contributed by atoms with Crippen LogP contribution in [0.2, 0.25) is 5.02 Å². The zero-order valence-electron chi connectivity index (χ0n) is 24.0. The first-order valence-electron chi connectivity index (χ1n) is 14.6. The standard InChI is InChI=1S/C31H37ClF3N5O2/c1-3-13-37-15-17-38(18-16-37)24-10-7-22(8-11-24)26-12-9-23(32)19-28(26)39-14-5-6-25(21-39)40-29(31(33,34)35)27(20-36-40)30(41)42-4-2/h7-12,19-20,25H,3-6,13-18,21H2,1-2H3. The van der Waals surface area contributed by atoms with Crippen LogP contribution in [0.5, 0.6) is 0 Å². The summed E-state index contributed by atoms with van der Waals surface area (Å²) >= 11 is 6.44. The predicted molar refractivity (Wildman–Crippen MR) is 160 cm³/mol. The van der Waals surface area contributed by atoms with E-state index in [0.29, 0.717) is 31.0 Å². The number of rotatable bonds is 8. The van der Waals surface area contributed by atoms with Gasteiger partial charge in [-0.2, -0.15) is 18.3 Å². The second kappa shape index (κ2) is 13.0. The Kier molecular flexibility index (Phi) is 9.32. The molecular weight excluding hydrogens is 567 g/mol. The maximum absolute atomic E-state index is 14.2. The Bertz CT molecular complexity index is 1370. The maximum atomic E-state index is 14.2. The van der Waals surface area contributed by atoms with Crippen molar-refractivity contribution in [2.75, 3.05) is 62.2 Å². The molecule has 0 amide bonds.